The second-order valence-electron chi connectivity index (χ2n) is 5.39. The van der Waals surface area contributed by atoms with Gasteiger partial charge in [0.1, 0.15) is 0 Å². The van der Waals surface area contributed by atoms with E-state index in [4.69, 9.17) is 0 Å². The number of carbonyl (C=O) groups is 1. The molecule has 2 amide bonds. The lowest BCUT2D eigenvalue weighted by Crippen LogP contribution is -2.34. The highest BCUT2D eigenvalue weighted by Crippen LogP contribution is 2.17. The zero-order valence-corrected chi connectivity index (χ0v) is 13.7. The number of amides is 2. The Labute approximate surface area is 135 Å². The summed E-state index contributed by atoms with van der Waals surface area (Å²) in [4.78, 5) is 27.9. The number of aryl methyl sites for hydroxylation is 2. The minimum atomic E-state index is -0.287. The van der Waals surface area contributed by atoms with Gasteiger partial charge >= 0.3 is 6.03 Å². The molecule has 2 aromatic rings. The highest BCUT2D eigenvalue weighted by molar-refractivity contribution is 5.90. The fourth-order valence-electron chi connectivity index (χ4n) is 2.17. The molecule has 1 aromatic heterocycles. The molecule has 0 fully saturated rings. The zero-order chi connectivity index (χ0) is 16.8. The maximum atomic E-state index is 11.9. The number of carbonyl (C=O) groups excluding carboxylic acids is 1. The number of hydrogen-bond acceptors (Lipinski definition) is 3. The number of nitrogens with zero attached hydrogens (tertiary/aromatic N) is 2. The molecule has 6 heteroatoms. The highest BCUT2D eigenvalue weighted by Gasteiger charge is 2.05. The molecule has 0 unspecified atom stereocenters. The Hall–Kier alpha value is -2.63. The predicted octanol–water partition coefficient (Wildman–Crippen LogP) is 2.24. The first-order valence-electron chi connectivity index (χ1n) is 7.67. The molecule has 0 aliphatic heterocycles. The molecule has 0 bridgehead atoms. The lowest BCUT2D eigenvalue weighted by Gasteiger charge is -2.12. The minimum absolute atomic E-state index is 0.103. The van der Waals surface area contributed by atoms with Crippen LogP contribution in [0.2, 0.25) is 0 Å². The lowest BCUT2D eigenvalue weighted by molar-refractivity contribution is 0.251. The smallest absolute Gasteiger partial charge is 0.319 e. The normalized spacial score (nSPS) is 10.4. The zero-order valence-electron chi connectivity index (χ0n) is 13.7. The van der Waals surface area contributed by atoms with E-state index in [0.717, 1.165) is 28.9 Å². The molecule has 0 saturated heterocycles. The van der Waals surface area contributed by atoms with E-state index in [-0.39, 0.29) is 11.6 Å². The number of benzene rings is 1. The maximum absolute atomic E-state index is 11.9. The molecule has 0 aliphatic carbocycles. The first kappa shape index (κ1) is 16.7. The Morgan fingerprint density at radius 3 is 2.78 bits per heavy atom. The van der Waals surface area contributed by atoms with Crippen molar-refractivity contribution in [1.29, 1.82) is 0 Å². The largest absolute Gasteiger partial charge is 0.336 e. The van der Waals surface area contributed by atoms with Crippen LogP contribution in [0.3, 0.4) is 0 Å². The maximum Gasteiger partial charge on any atom is 0.319 e. The Balaban J connectivity index is 1.88. The Kier molecular flexibility index (Phi) is 5.51. The number of urea groups is 1. The summed E-state index contributed by atoms with van der Waals surface area (Å²) in [7, 11) is 0. The van der Waals surface area contributed by atoms with Crippen LogP contribution in [0.4, 0.5) is 10.5 Å². The summed E-state index contributed by atoms with van der Waals surface area (Å²) in [5.41, 5.74) is 3.61. The molecule has 2 N–H and O–H groups in total. The third kappa shape index (κ3) is 4.42. The Morgan fingerprint density at radius 2 is 2.09 bits per heavy atom. The first-order chi connectivity index (χ1) is 11.0. The molecule has 23 heavy (non-hydrogen) atoms. The van der Waals surface area contributed by atoms with E-state index in [0.29, 0.717) is 13.1 Å². The predicted molar refractivity (Wildman–Crippen MR) is 90.8 cm³/mol. The van der Waals surface area contributed by atoms with Gasteiger partial charge < -0.3 is 10.6 Å². The molecular weight excluding hydrogens is 292 g/mol. The van der Waals surface area contributed by atoms with E-state index in [2.05, 4.69) is 15.6 Å². The average molecular weight is 314 g/mol. The lowest BCUT2D eigenvalue weighted by atomic mass is 10.1. The van der Waals surface area contributed by atoms with Crippen LogP contribution in [0.1, 0.15) is 23.7 Å². The SMILES string of the molecule is CCc1cc(=O)n(CCNC(=O)Nc2cccc(C)c2C)cn1. The van der Waals surface area contributed by atoms with Crippen molar-refractivity contribution in [3.63, 3.8) is 0 Å². The van der Waals surface area contributed by atoms with Crippen LogP contribution in [0.15, 0.2) is 35.4 Å². The second kappa shape index (κ2) is 7.58. The fraction of sp³-hybridized carbons (Fsp3) is 0.353. The van der Waals surface area contributed by atoms with Gasteiger partial charge in [0.2, 0.25) is 0 Å². The third-order valence-electron chi connectivity index (χ3n) is 3.79. The Bertz CT molecular complexity index is 752. The van der Waals surface area contributed by atoms with E-state index in [1.807, 2.05) is 39.0 Å². The standard InChI is InChI=1S/C17H22N4O2/c1-4-14-10-16(22)21(11-19-14)9-8-18-17(23)20-15-7-5-6-12(2)13(15)3/h5-7,10-11H,4,8-9H2,1-3H3,(H2,18,20,23). The van der Waals surface area contributed by atoms with Gasteiger partial charge in [0.25, 0.3) is 5.56 Å². The molecule has 0 atom stereocenters. The van der Waals surface area contributed by atoms with Gasteiger partial charge in [-0.15, -0.1) is 0 Å². The molecule has 1 aromatic carbocycles. The van der Waals surface area contributed by atoms with Crippen LogP contribution in [0, 0.1) is 13.8 Å². The quantitative estimate of drug-likeness (QED) is 0.888. The number of anilines is 1. The van der Waals surface area contributed by atoms with Gasteiger partial charge in [-0.1, -0.05) is 19.1 Å². The Morgan fingerprint density at radius 1 is 1.30 bits per heavy atom. The van der Waals surface area contributed by atoms with Crippen LogP contribution in [0.5, 0.6) is 0 Å². The number of aromatic nitrogens is 2. The van der Waals surface area contributed by atoms with Gasteiger partial charge in [-0.25, -0.2) is 9.78 Å². The van der Waals surface area contributed by atoms with Crippen molar-refractivity contribution >= 4 is 11.7 Å². The number of rotatable bonds is 5. The molecule has 122 valence electrons. The van der Waals surface area contributed by atoms with Gasteiger partial charge in [0, 0.05) is 30.5 Å². The topological polar surface area (TPSA) is 76.0 Å². The molecule has 6 nitrogen and oxygen atoms in total. The summed E-state index contributed by atoms with van der Waals surface area (Å²) >= 11 is 0. The van der Waals surface area contributed by atoms with E-state index in [1.54, 1.807) is 0 Å². The van der Waals surface area contributed by atoms with Crippen LogP contribution < -0.4 is 16.2 Å². The monoisotopic (exact) mass is 314 g/mol. The van der Waals surface area contributed by atoms with E-state index >= 15 is 0 Å². The molecule has 0 aliphatic rings. The van der Waals surface area contributed by atoms with Crippen molar-refractivity contribution in [2.45, 2.75) is 33.7 Å². The van der Waals surface area contributed by atoms with Crippen molar-refractivity contribution in [3.05, 3.63) is 57.8 Å². The van der Waals surface area contributed by atoms with Gasteiger partial charge in [-0.3, -0.25) is 9.36 Å². The van der Waals surface area contributed by atoms with E-state index < -0.39 is 0 Å². The summed E-state index contributed by atoms with van der Waals surface area (Å²) < 4.78 is 1.48. The van der Waals surface area contributed by atoms with Crippen molar-refractivity contribution < 1.29 is 4.79 Å². The van der Waals surface area contributed by atoms with Gasteiger partial charge in [-0.2, -0.15) is 0 Å². The molecule has 2 rings (SSSR count). The first-order valence-corrected chi connectivity index (χ1v) is 7.67. The third-order valence-corrected chi connectivity index (χ3v) is 3.79. The summed E-state index contributed by atoms with van der Waals surface area (Å²) in [6.07, 6.45) is 2.25. The molecule has 1 heterocycles. The summed E-state index contributed by atoms with van der Waals surface area (Å²) in [6.45, 7) is 6.65. The second-order valence-corrected chi connectivity index (χ2v) is 5.39. The molecule has 0 spiro atoms. The van der Waals surface area contributed by atoms with Crippen LogP contribution in [0.25, 0.3) is 0 Å². The highest BCUT2D eigenvalue weighted by atomic mass is 16.2. The summed E-state index contributed by atoms with van der Waals surface area (Å²) in [5.74, 6) is 0. The molecule has 0 saturated carbocycles. The fourth-order valence-corrected chi connectivity index (χ4v) is 2.17. The van der Waals surface area contributed by atoms with Crippen molar-refractivity contribution in [2.24, 2.45) is 0 Å². The van der Waals surface area contributed by atoms with Crippen LogP contribution in [-0.2, 0) is 13.0 Å². The van der Waals surface area contributed by atoms with Crippen LogP contribution >= 0.6 is 0 Å². The van der Waals surface area contributed by atoms with Gasteiger partial charge in [0.05, 0.1) is 6.33 Å². The van der Waals surface area contributed by atoms with E-state index in [1.165, 1.54) is 17.0 Å². The number of nitrogens with one attached hydrogen (secondary N) is 2. The van der Waals surface area contributed by atoms with Crippen molar-refractivity contribution in [1.82, 2.24) is 14.9 Å². The molecular formula is C17H22N4O2. The van der Waals surface area contributed by atoms with Crippen molar-refractivity contribution in [3.8, 4) is 0 Å². The minimum Gasteiger partial charge on any atom is -0.336 e. The van der Waals surface area contributed by atoms with Gasteiger partial charge in [-0.05, 0) is 37.5 Å². The number of hydrogen-bond donors (Lipinski definition) is 2. The average Bonchev–Trinajstić information content (AvgIpc) is 2.53. The van der Waals surface area contributed by atoms with Crippen LogP contribution in [-0.4, -0.2) is 22.1 Å². The van der Waals surface area contributed by atoms with E-state index in [9.17, 15) is 9.59 Å². The van der Waals surface area contributed by atoms with Crippen molar-refractivity contribution in [2.75, 3.05) is 11.9 Å². The summed E-state index contributed by atoms with van der Waals surface area (Å²) in [5, 5.41) is 5.56. The summed E-state index contributed by atoms with van der Waals surface area (Å²) in [6, 6.07) is 7.00. The van der Waals surface area contributed by atoms with Gasteiger partial charge in [0.15, 0.2) is 0 Å². The molecule has 0 radical (unpaired) electrons.